The summed E-state index contributed by atoms with van der Waals surface area (Å²) in [6.45, 7) is 1.72. The molecule has 0 unspecified atom stereocenters. The highest BCUT2D eigenvalue weighted by atomic mass is 35.5. The highest BCUT2D eigenvalue weighted by molar-refractivity contribution is 6.42. The smallest absolute Gasteiger partial charge is 0.267 e. The molecule has 1 aliphatic heterocycles. The number of carbonyl (C=O) groups excluding carboxylic acids is 1. The highest BCUT2D eigenvalue weighted by Gasteiger charge is 2.28. The molecule has 0 N–H and O–H groups in total. The molecule has 0 radical (unpaired) electrons. The predicted octanol–water partition coefficient (Wildman–Crippen LogP) is 5.26. The van der Waals surface area contributed by atoms with Crippen molar-refractivity contribution in [3.8, 4) is 0 Å². The first-order valence-corrected chi connectivity index (χ1v) is 8.60. The first-order chi connectivity index (χ1) is 12.9. The van der Waals surface area contributed by atoms with Gasteiger partial charge in [0, 0.05) is 12.1 Å². The van der Waals surface area contributed by atoms with Gasteiger partial charge in [0.25, 0.3) is 11.6 Å². The van der Waals surface area contributed by atoms with Gasteiger partial charge in [0.1, 0.15) is 0 Å². The lowest BCUT2D eigenvalue weighted by atomic mass is 10.1. The zero-order chi connectivity index (χ0) is 19.6. The van der Waals surface area contributed by atoms with Gasteiger partial charge in [-0.15, -0.1) is 0 Å². The second kappa shape index (κ2) is 7.73. The lowest BCUT2D eigenvalue weighted by molar-refractivity contribution is -0.384. The number of halogens is 2. The fourth-order valence-corrected chi connectivity index (χ4v) is 2.79. The van der Waals surface area contributed by atoms with Crippen molar-refractivity contribution in [2.24, 2.45) is 5.10 Å². The number of nitro groups is 1. The maximum atomic E-state index is 12.6. The van der Waals surface area contributed by atoms with E-state index in [4.69, 9.17) is 23.2 Å². The van der Waals surface area contributed by atoms with Gasteiger partial charge in [0.15, 0.2) is 0 Å². The van der Waals surface area contributed by atoms with Crippen LogP contribution in [0.3, 0.4) is 0 Å². The predicted molar refractivity (Wildman–Crippen MR) is 107 cm³/mol. The Balaban J connectivity index is 1.82. The van der Waals surface area contributed by atoms with E-state index in [1.54, 1.807) is 55.5 Å². The Morgan fingerprint density at radius 2 is 1.93 bits per heavy atom. The van der Waals surface area contributed by atoms with Crippen molar-refractivity contribution in [3.05, 3.63) is 85.9 Å². The summed E-state index contributed by atoms with van der Waals surface area (Å²) in [4.78, 5) is 23.0. The zero-order valence-corrected chi connectivity index (χ0v) is 15.6. The van der Waals surface area contributed by atoms with Crippen molar-refractivity contribution in [2.75, 3.05) is 5.01 Å². The minimum Gasteiger partial charge on any atom is -0.267 e. The summed E-state index contributed by atoms with van der Waals surface area (Å²) in [5, 5.41) is 17.1. The monoisotopic (exact) mass is 401 g/mol. The van der Waals surface area contributed by atoms with Crippen molar-refractivity contribution in [1.82, 2.24) is 0 Å². The molecule has 0 aromatic heterocycles. The summed E-state index contributed by atoms with van der Waals surface area (Å²) < 4.78 is 0. The number of carbonyl (C=O) groups is 1. The zero-order valence-electron chi connectivity index (χ0n) is 14.1. The molecular weight excluding hydrogens is 389 g/mol. The van der Waals surface area contributed by atoms with Crippen LogP contribution in [0.25, 0.3) is 6.08 Å². The van der Waals surface area contributed by atoms with Crippen molar-refractivity contribution >= 4 is 52.3 Å². The van der Waals surface area contributed by atoms with Crippen molar-refractivity contribution < 1.29 is 9.72 Å². The standard InChI is InChI=1S/C19H13Cl2N3O3/c1-12-16(7-3-5-13-4-2-6-15(10-13)24(26)27)19(25)23(22-12)14-8-9-17(20)18(21)11-14/h2-11H,1H3. The van der Waals surface area contributed by atoms with Gasteiger partial charge in [-0.05, 0) is 36.8 Å². The van der Waals surface area contributed by atoms with E-state index in [1.807, 2.05) is 0 Å². The van der Waals surface area contributed by atoms with Gasteiger partial charge in [0.05, 0.1) is 31.9 Å². The summed E-state index contributed by atoms with van der Waals surface area (Å²) in [7, 11) is 0. The fraction of sp³-hybridized carbons (Fsp3) is 0.0526. The van der Waals surface area contributed by atoms with Crippen LogP contribution in [0.2, 0.25) is 10.0 Å². The number of hydrazone groups is 1. The summed E-state index contributed by atoms with van der Waals surface area (Å²) in [6, 6.07) is 11.0. The number of benzene rings is 2. The molecular formula is C19H13Cl2N3O3. The molecule has 1 aliphatic rings. The number of nitro benzene ring substituents is 1. The van der Waals surface area contributed by atoms with Crippen molar-refractivity contribution in [1.29, 1.82) is 0 Å². The Kier molecular flexibility index (Phi) is 5.39. The van der Waals surface area contributed by atoms with E-state index in [0.717, 1.165) is 0 Å². The van der Waals surface area contributed by atoms with Crippen LogP contribution in [0.5, 0.6) is 0 Å². The number of non-ortho nitro benzene ring substituents is 1. The lowest BCUT2D eigenvalue weighted by Crippen LogP contribution is -2.21. The number of rotatable bonds is 4. The van der Waals surface area contributed by atoms with Crippen LogP contribution >= 0.6 is 23.2 Å². The summed E-state index contributed by atoms with van der Waals surface area (Å²) in [6.07, 6.45) is 4.96. The van der Waals surface area contributed by atoms with E-state index in [1.165, 1.54) is 17.1 Å². The largest absolute Gasteiger partial charge is 0.280 e. The van der Waals surface area contributed by atoms with Crippen LogP contribution in [0, 0.1) is 10.1 Å². The third-order valence-corrected chi connectivity index (χ3v) is 4.58. The van der Waals surface area contributed by atoms with E-state index < -0.39 is 4.92 Å². The molecule has 0 saturated heterocycles. The highest BCUT2D eigenvalue weighted by Crippen LogP contribution is 2.30. The van der Waals surface area contributed by atoms with Crippen molar-refractivity contribution in [2.45, 2.75) is 6.92 Å². The molecule has 1 amide bonds. The number of hydrogen-bond acceptors (Lipinski definition) is 4. The quantitative estimate of drug-likeness (QED) is 0.398. The van der Waals surface area contributed by atoms with E-state index >= 15 is 0 Å². The topological polar surface area (TPSA) is 75.8 Å². The number of nitrogens with zero attached hydrogens (tertiary/aromatic N) is 3. The van der Waals surface area contributed by atoms with E-state index in [9.17, 15) is 14.9 Å². The van der Waals surface area contributed by atoms with Crippen LogP contribution in [0.15, 0.2) is 65.3 Å². The van der Waals surface area contributed by atoms with Gasteiger partial charge in [-0.1, -0.05) is 47.5 Å². The molecule has 27 heavy (non-hydrogen) atoms. The Hall–Kier alpha value is -2.96. The average Bonchev–Trinajstić information content (AvgIpc) is 2.92. The van der Waals surface area contributed by atoms with Crippen LogP contribution in [-0.4, -0.2) is 16.5 Å². The van der Waals surface area contributed by atoms with Gasteiger partial charge in [-0.3, -0.25) is 14.9 Å². The maximum Gasteiger partial charge on any atom is 0.280 e. The fourth-order valence-electron chi connectivity index (χ4n) is 2.50. The number of anilines is 1. The first kappa shape index (κ1) is 18.8. The third-order valence-electron chi connectivity index (χ3n) is 3.84. The van der Waals surface area contributed by atoms with E-state index in [0.29, 0.717) is 32.6 Å². The van der Waals surface area contributed by atoms with Gasteiger partial charge >= 0.3 is 0 Å². The second-order valence-electron chi connectivity index (χ2n) is 5.69. The van der Waals surface area contributed by atoms with Gasteiger partial charge in [-0.2, -0.15) is 10.1 Å². The molecule has 0 spiro atoms. The summed E-state index contributed by atoms with van der Waals surface area (Å²) in [5.74, 6) is -0.297. The van der Waals surface area contributed by atoms with Gasteiger partial charge < -0.3 is 0 Å². The van der Waals surface area contributed by atoms with Crippen LogP contribution < -0.4 is 5.01 Å². The number of hydrogen-bond donors (Lipinski definition) is 0. The molecule has 8 heteroatoms. The minimum atomic E-state index is -0.456. The molecule has 2 aromatic carbocycles. The van der Waals surface area contributed by atoms with Crippen LogP contribution in [-0.2, 0) is 4.79 Å². The van der Waals surface area contributed by atoms with Gasteiger partial charge in [0.2, 0.25) is 0 Å². The molecule has 2 aromatic rings. The van der Waals surface area contributed by atoms with E-state index in [-0.39, 0.29) is 11.6 Å². The number of amides is 1. The number of allylic oxidation sites excluding steroid dienone is 2. The van der Waals surface area contributed by atoms with E-state index in [2.05, 4.69) is 5.10 Å². The maximum absolute atomic E-state index is 12.6. The van der Waals surface area contributed by atoms with Crippen LogP contribution in [0.1, 0.15) is 12.5 Å². The Bertz CT molecular complexity index is 1030. The van der Waals surface area contributed by atoms with Crippen LogP contribution in [0.4, 0.5) is 11.4 Å². The molecule has 6 nitrogen and oxygen atoms in total. The summed E-state index contributed by atoms with van der Waals surface area (Å²) >= 11 is 11.9. The average molecular weight is 402 g/mol. The first-order valence-electron chi connectivity index (χ1n) is 7.85. The summed E-state index contributed by atoms with van der Waals surface area (Å²) in [5.41, 5.74) is 2.14. The molecule has 0 aliphatic carbocycles. The molecule has 0 bridgehead atoms. The Morgan fingerprint density at radius 1 is 1.15 bits per heavy atom. The minimum absolute atomic E-state index is 0.00489. The molecule has 0 atom stereocenters. The lowest BCUT2D eigenvalue weighted by Gasteiger charge is -2.12. The molecule has 1 heterocycles. The second-order valence-corrected chi connectivity index (χ2v) is 6.51. The molecule has 3 rings (SSSR count). The Morgan fingerprint density at radius 3 is 2.63 bits per heavy atom. The molecule has 0 saturated carbocycles. The van der Waals surface area contributed by atoms with Crippen molar-refractivity contribution in [3.63, 3.8) is 0 Å². The molecule has 136 valence electrons. The Labute approximate surface area is 165 Å². The molecule has 0 fully saturated rings. The van der Waals surface area contributed by atoms with Gasteiger partial charge in [-0.25, -0.2) is 0 Å². The normalized spacial score (nSPS) is 15.7. The SMILES string of the molecule is CC1=NN(c2ccc(Cl)c(Cl)c2)C(=O)C1=CC=Cc1cccc([N+](=O)[O-])c1. The third kappa shape index (κ3) is 4.07.